The number of carbonyl (C=O) groups excluding carboxylic acids is 1. The van der Waals surface area contributed by atoms with Gasteiger partial charge in [0.05, 0.1) is 10.6 Å². The van der Waals surface area contributed by atoms with E-state index < -0.39 is 0 Å². The standard InChI is InChI=1S/C14H16N2OS/c1-9-5-10(2)7-12(6-9)16(4)14-15-11(3)13(8-17)18-14/h5-8H,1-4H3. The highest BCUT2D eigenvalue weighted by molar-refractivity contribution is 7.17. The molecule has 0 radical (unpaired) electrons. The van der Waals surface area contributed by atoms with Gasteiger partial charge in [0.2, 0.25) is 0 Å². The summed E-state index contributed by atoms with van der Waals surface area (Å²) >= 11 is 1.42. The number of rotatable bonds is 3. The smallest absolute Gasteiger partial charge is 0.190 e. The Morgan fingerprint density at radius 1 is 1.17 bits per heavy atom. The predicted octanol–water partition coefficient (Wildman–Crippen LogP) is 3.65. The summed E-state index contributed by atoms with van der Waals surface area (Å²) in [6, 6.07) is 6.37. The Hall–Kier alpha value is -1.68. The summed E-state index contributed by atoms with van der Waals surface area (Å²) in [7, 11) is 1.97. The van der Waals surface area contributed by atoms with Crippen LogP contribution in [0.2, 0.25) is 0 Å². The molecule has 0 saturated carbocycles. The lowest BCUT2D eigenvalue weighted by molar-refractivity contribution is 0.112. The average Bonchev–Trinajstić information content (AvgIpc) is 2.68. The highest BCUT2D eigenvalue weighted by Gasteiger charge is 2.12. The van der Waals surface area contributed by atoms with Crippen LogP contribution in [0.4, 0.5) is 10.8 Å². The molecule has 94 valence electrons. The first-order valence-electron chi connectivity index (χ1n) is 5.76. The zero-order valence-corrected chi connectivity index (χ0v) is 11.8. The van der Waals surface area contributed by atoms with E-state index in [4.69, 9.17) is 0 Å². The van der Waals surface area contributed by atoms with Gasteiger partial charge in [0.25, 0.3) is 0 Å². The van der Waals surface area contributed by atoms with Gasteiger partial charge in [-0.3, -0.25) is 4.79 Å². The third kappa shape index (κ3) is 2.43. The average molecular weight is 260 g/mol. The molecule has 0 atom stereocenters. The van der Waals surface area contributed by atoms with Crippen molar-refractivity contribution in [3.8, 4) is 0 Å². The first-order chi connectivity index (χ1) is 8.51. The second kappa shape index (κ2) is 4.90. The molecular weight excluding hydrogens is 244 g/mol. The number of aromatic nitrogens is 1. The summed E-state index contributed by atoms with van der Waals surface area (Å²) in [5.41, 5.74) is 4.33. The van der Waals surface area contributed by atoms with E-state index in [1.54, 1.807) is 0 Å². The quantitative estimate of drug-likeness (QED) is 0.790. The van der Waals surface area contributed by atoms with E-state index in [0.29, 0.717) is 4.88 Å². The molecule has 2 rings (SSSR count). The van der Waals surface area contributed by atoms with Crippen molar-refractivity contribution in [3.63, 3.8) is 0 Å². The number of thiazole rings is 1. The Kier molecular flexibility index (Phi) is 3.48. The van der Waals surface area contributed by atoms with E-state index in [1.165, 1.54) is 22.5 Å². The third-order valence-electron chi connectivity index (χ3n) is 2.81. The number of benzene rings is 1. The Morgan fingerprint density at radius 2 is 1.78 bits per heavy atom. The van der Waals surface area contributed by atoms with Gasteiger partial charge in [0.15, 0.2) is 11.4 Å². The van der Waals surface area contributed by atoms with Crippen molar-refractivity contribution in [1.82, 2.24) is 4.98 Å². The van der Waals surface area contributed by atoms with Crippen LogP contribution in [0.1, 0.15) is 26.5 Å². The molecule has 1 aromatic carbocycles. The van der Waals surface area contributed by atoms with Crippen LogP contribution in [0.15, 0.2) is 18.2 Å². The van der Waals surface area contributed by atoms with Crippen LogP contribution in [0.5, 0.6) is 0 Å². The summed E-state index contributed by atoms with van der Waals surface area (Å²) in [4.78, 5) is 18.0. The van der Waals surface area contributed by atoms with Crippen molar-refractivity contribution in [2.45, 2.75) is 20.8 Å². The zero-order chi connectivity index (χ0) is 13.3. The second-order valence-corrected chi connectivity index (χ2v) is 5.48. The predicted molar refractivity (Wildman–Crippen MR) is 76.2 cm³/mol. The molecule has 0 unspecified atom stereocenters. The van der Waals surface area contributed by atoms with Gasteiger partial charge >= 0.3 is 0 Å². The second-order valence-electron chi connectivity index (χ2n) is 4.47. The SMILES string of the molecule is Cc1cc(C)cc(N(C)c2nc(C)c(C=O)s2)c1. The lowest BCUT2D eigenvalue weighted by Gasteiger charge is -2.17. The summed E-state index contributed by atoms with van der Waals surface area (Å²) in [5.74, 6) is 0. The van der Waals surface area contributed by atoms with E-state index in [1.807, 2.05) is 18.9 Å². The number of aldehydes is 1. The first kappa shape index (κ1) is 12.8. The highest BCUT2D eigenvalue weighted by atomic mass is 32.1. The topological polar surface area (TPSA) is 33.2 Å². The van der Waals surface area contributed by atoms with E-state index in [2.05, 4.69) is 37.0 Å². The molecule has 1 aromatic heterocycles. The molecule has 1 heterocycles. The van der Waals surface area contributed by atoms with Gasteiger partial charge in [-0.25, -0.2) is 4.98 Å². The van der Waals surface area contributed by atoms with Crippen LogP contribution in [0.25, 0.3) is 0 Å². The minimum absolute atomic E-state index is 0.696. The van der Waals surface area contributed by atoms with Gasteiger partial charge in [0.1, 0.15) is 0 Å². The Morgan fingerprint density at radius 3 is 2.28 bits per heavy atom. The number of nitrogens with zero attached hydrogens (tertiary/aromatic N) is 2. The van der Waals surface area contributed by atoms with Crippen LogP contribution >= 0.6 is 11.3 Å². The molecule has 0 fully saturated rings. The minimum Gasteiger partial charge on any atom is -0.321 e. The van der Waals surface area contributed by atoms with Crippen molar-refractivity contribution in [2.75, 3.05) is 11.9 Å². The lowest BCUT2D eigenvalue weighted by atomic mass is 10.1. The van der Waals surface area contributed by atoms with E-state index in [-0.39, 0.29) is 0 Å². The molecule has 4 heteroatoms. The van der Waals surface area contributed by atoms with Crippen LogP contribution in [0.3, 0.4) is 0 Å². The van der Waals surface area contributed by atoms with Gasteiger partial charge in [-0.2, -0.15) is 0 Å². The first-order valence-corrected chi connectivity index (χ1v) is 6.57. The Balaban J connectivity index is 2.40. The Bertz CT molecular complexity index is 569. The molecule has 0 aliphatic carbocycles. The molecule has 0 aliphatic heterocycles. The van der Waals surface area contributed by atoms with Crippen molar-refractivity contribution < 1.29 is 4.79 Å². The van der Waals surface area contributed by atoms with Crippen molar-refractivity contribution in [2.24, 2.45) is 0 Å². The van der Waals surface area contributed by atoms with Gasteiger partial charge in [-0.15, -0.1) is 0 Å². The maximum absolute atomic E-state index is 10.9. The number of anilines is 2. The molecule has 2 aromatic rings. The minimum atomic E-state index is 0.696. The normalized spacial score (nSPS) is 10.4. The number of aryl methyl sites for hydroxylation is 3. The molecule has 0 amide bonds. The van der Waals surface area contributed by atoms with Crippen LogP contribution in [-0.4, -0.2) is 18.3 Å². The maximum Gasteiger partial charge on any atom is 0.190 e. The third-order valence-corrected chi connectivity index (χ3v) is 3.97. The molecular formula is C14H16N2OS. The molecule has 0 saturated heterocycles. The summed E-state index contributed by atoms with van der Waals surface area (Å²) in [6.07, 6.45) is 0.867. The fourth-order valence-corrected chi connectivity index (χ4v) is 2.76. The van der Waals surface area contributed by atoms with E-state index in [9.17, 15) is 4.79 Å². The summed E-state index contributed by atoms with van der Waals surface area (Å²) < 4.78 is 0. The van der Waals surface area contributed by atoms with Crippen LogP contribution < -0.4 is 4.90 Å². The largest absolute Gasteiger partial charge is 0.321 e. The van der Waals surface area contributed by atoms with Crippen molar-refractivity contribution in [1.29, 1.82) is 0 Å². The monoisotopic (exact) mass is 260 g/mol. The van der Waals surface area contributed by atoms with Crippen molar-refractivity contribution >= 4 is 28.4 Å². The lowest BCUT2D eigenvalue weighted by Crippen LogP contribution is -2.09. The van der Waals surface area contributed by atoms with E-state index >= 15 is 0 Å². The van der Waals surface area contributed by atoms with Gasteiger partial charge < -0.3 is 4.90 Å². The number of hydrogen-bond donors (Lipinski definition) is 0. The van der Waals surface area contributed by atoms with Gasteiger partial charge in [-0.05, 0) is 44.0 Å². The Labute approximate surface area is 111 Å². The number of carbonyl (C=O) groups is 1. The highest BCUT2D eigenvalue weighted by Crippen LogP contribution is 2.30. The fourth-order valence-electron chi connectivity index (χ4n) is 1.90. The zero-order valence-electron chi connectivity index (χ0n) is 11.0. The maximum atomic E-state index is 10.9. The molecule has 3 nitrogen and oxygen atoms in total. The van der Waals surface area contributed by atoms with Crippen LogP contribution in [0, 0.1) is 20.8 Å². The molecule has 0 aliphatic rings. The van der Waals surface area contributed by atoms with Crippen molar-refractivity contribution in [3.05, 3.63) is 39.9 Å². The summed E-state index contributed by atoms with van der Waals surface area (Å²) in [5, 5.41) is 0.847. The van der Waals surface area contributed by atoms with Crippen LogP contribution in [-0.2, 0) is 0 Å². The molecule has 0 spiro atoms. The molecule has 0 bridgehead atoms. The molecule has 0 N–H and O–H groups in total. The summed E-state index contributed by atoms with van der Waals surface area (Å²) in [6.45, 7) is 6.02. The number of hydrogen-bond acceptors (Lipinski definition) is 4. The van der Waals surface area contributed by atoms with Gasteiger partial charge in [-0.1, -0.05) is 17.4 Å². The van der Waals surface area contributed by atoms with Gasteiger partial charge in [0, 0.05) is 12.7 Å². The fraction of sp³-hybridized carbons (Fsp3) is 0.286. The molecule has 18 heavy (non-hydrogen) atoms. The van der Waals surface area contributed by atoms with E-state index in [0.717, 1.165) is 22.8 Å².